The Morgan fingerprint density at radius 3 is 2.88 bits per heavy atom. The van der Waals surface area contributed by atoms with Crippen molar-refractivity contribution in [1.82, 2.24) is 25.3 Å². The molecule has 4 rings (SSSR count). The highest BCUT2D eigenvalue weighted by atomic mass is 16.1. The highest BCUT2D eigenvalue weighted by Crippen LogP contribution is 2.20. The van der Waals surface area contributed by atoms with Crippen LogP contribution in [0.4, 0.5) is 5.95 Å². The zero-order valence-corrected chi connectivity index (χ0v) is 13.6. The zero-order valence-electron chi connectivity index (χ0n) is 13.6. The van der Waals surface area contributed by atoms with Crippen molar-refractivity contribution in [3.63, 3.8) is 0 Å². The molecular weight excluding hydrogens is 316 g/mol. The number of carbonyl (C=O) groups is 1. The molecule has 0 radical (unpaired) electrons. The van der Waals surface area contributed by atoms with Crippen molar-refractivity contribution in [2.45, 2.75) is 12.5 Å². The molecule has 1 fully saturated rings. The zero-order chi connectivity index (χ0) is 17.1. The maximum Gasteiger partial charge on any atom is 0.251 e. The van der Waals surface area contributed by atoms with Gasteiger partial charge in [0.15, 0.2) is 0 Å². The van der Waals surface area contributed by atoms with Crippen LogP contribution in [-0.2, 0) is 0 Å². The van der Waals surface area contributed by atoms with Gasteiger partial charge in [-0.1, -0.05) is 0 Å². The maximum absolute atomic E-state index is 12.3. The number of aromatic nitrogens is 4. The van der Waals surface area contributed by atoms with Crippen molar-refractivity contribution in [1.29, 1.82) is 0 Å². The van der Waals surface area contributed by atoms with Gasteiger partial charge in [-0.3, -0.25) is 9.78 Å². The number of aromatic amines is 1. The molecular formula is C18H18N6O. The molecule has 7 heteroatoms. The molecule has 1 amide bonds. The molecule has 0 spiro atoms. The van der Waals surface area contributed by atoms with E-state index < -0.39 is 0 Å². The molecule has 1 aliphatic rings. The van der Waals surface area contributed by atoms with Crippen molar-refractivity contribution in [2.24, 2.45) is 0 Å². The number of hydrogen-bond acceptors (Lipinski definition) is 5. The van der Waals surface area contributed by atoms with Gasteiger partial charge in [0, 0.05) is 49.5 Å². The van der Waals surface area contributed by atoms with E-state index in [-0.39, 0.29) is 11.9 Å². The van der Waals surface area contributed by atoms with E-state index in [2.05, 4.69) is 30.2 Å². The van der Waals surface area contributed by atoms with Gasteiger partial charge in [-0.2, -0.15) is 0 Å². The Balaban J connectivity index is 1.43. The standard InChI is InChI=1S/C18H18N6O/c25-17(13-3-8-19-9-4-13)22-14-6-11-24(12-14)18-21-10-5-16(23-18)15-2-1-7-20-15/h1-5,7-10,14,20H,6,11-12H2,(H,22,25). The van der Waals surface area contributed by atoms with Crippen LogP contribution in [0.25, 0.3) is 11.4 Å². The van der Waals surface area contributed by atoms with Crippen LogP contribution >= 0.6 is 0 Å². The van der Waals surface area contributed by atoms with Crippen LogP contribution in [0.5, 0.6) is 0 Å². The largest absolute Gasteiger partial charge is 0.360 e. The second kappa shape index (κ2) is 6.72. The second-order valence-corrected chi connectivity index (χ2v) is 5.97. The first-order valence-corrected chi connectivity index (χ1v) is 8.22. The lowest BCUT2D eigenvalue weighted by molar-refractivity contribution is 0.0940. The normalized spacial score (nSPS) is 16.8. The minimum Gasteiger partial charge on any atom is -0.360 e. The Kier molecular flexibility index (Phi) is 4.12. The molecule has 2 N–H and O–H groups in total. The Morgan fingerprint density at radius 2 is 2.08 bits per heavy atom. The topological polar surface area (TPSA) is 86.8 Å². The summed E-state index contributed by atoms with van der Waals surface area (Å²) in [5, 5.41) is 3.07. The fourth-order valence-corrected chi connectivity index (χ4v) is 2.97. The van der Waals surface area contributed by atoms with E-state index in [9.17, 15) is 4.79 Å². The Hall–Kier alpha value is -3.22. The lowest BCUT2D eigenvalue weighted by Gasteiger charge is -2.17. The molecule has 0 aromatic carbocycles. The van der Waals surface area contributed by atoms with Crippen LogP contribution in [0.2, 0.25) is 0 Å². The van der Waals surface area contributed by atoms with E-state index in [1.54, 1.807) is 30.7 Å². The highest BCUT2D eigenvalue weighted by Gasteiger charge is 2.26. The third kappa shape index (κ3) is 3.35. The quantitative estimate of drug-likeness (QED) is 0.761. The number of nitrogens with zero attached hydrogens (tertiary/aromatic N) is 4. The molecule has 0 bridgehead atoms. The van der Waals surface area contributed by atoms with Crippen molar-refractivity contribution < 1.29 is 4.79 Å². The van der Waals surface area contributed by atoms with Gasteiger partial charge in [0.1, 0.15) is 0 Å². The molecule has 3 aromatic rings. The Morgan fingerprint density at radius 1 is 1.20 bits per heavy atom. The molecule has 1 aliphatic heterocycles. The first-order valence-electron chi connectivity index (χ1n) is 8.22. The summed E-state index contributed by atoms with van der Waals surface area (Å²) in [6.07, 6.45) is 7.75. The monoisotopic (exact) mass is 334 g/mol. The second-order valence-electron chi connectivity index (χ2n) is 5.97. The number of pyridine rings is 1. The smallest absolute Gasteiger partial charge is 0.251 e. The van der Waals surface area contributed by atoms with Crippen LogP contribution in [0, 0.1) is 0 Å². The average molecular weight is 334 g/mol. The molecule has 1 saturated heterocycles. The van der Waals surface area contributed by atoms with E-state index in [1.807, 2.05) is 24.4 Å². The Labute approximate surface area is 145 Å². The van der Waals surface area contributed by atoms with Crippen molar-refractivity contribution in [3.05, 3.63) is 60.7 Å². The number of nitrogens with one attached hydrogen (secondary N) is 2. The van der Waals surface area contributed by atoms with Crippen LogP contribution in [0.3, 0.4) is 0 Å². The van der Waals surface area contributed by atoms with Crippen LogP contribution in [0.15, 0.2) is 55.1 Å². The fraction of sp³-hybridized carbons (Fsp3) is 0.222. The SMILES string of the molecule is O=C(NC1CCN(c2nccc(-c3ccc[nH]3)n2)C1)c1ccncc1. The van der Waals surface area contributed by atoms with Gasteiger partial charge in [-0.15, -0.1) is 0 Å². The van der Waals surface area contributed by atoms with Crippen molar-refractivity contribution in [3.8, 4) is 11.4 Å². The summed E-state index contributed by atoms with van der Waals surface area (Å²) < 4.78 is 0. The minimum atomic E-state index is -0.0738. The predicted molar refractivity (Wildman–Crippen MR) is 94.1 cm³/mol. The lowest BCUT2D eigenvalue weighted by Crippen LogP contribution is -2.37. The molecule has 3 aromatic heterocycles. The number of anilines is 1. The van der Waals surface area contributed by atoms with E-state index in [0.29, 0.717) is 18.1 Å². The first kappa shape index (κ1) is 15.3. The van der Waals surface area contributed by atoms with Gasteiger partial charge in [0.2, 0.25) is 5.95 Å². The fourth-order valence-electron chi connectivity index (χ4n) is 2.97. The molecule has 25 heavy (non-hydrogen) atoms. The number of amides is 1. The maximum atomic E-state index is 12.3. The first-order chi connectivity index (χ1) is 12.3. The van der Waals surface area contributed by atoms with Gasteiger partial charge >= 0.3 is 0 Å². The molecule has 126 valence electrons. The molecule has 1 atom stereocenters. The molecule has 0 aliphatic carbocycles. The molecule has 4 heterocycles. The summed E-state index contributed by atoms with van der Waals surface area (Å²) in [5.74, 6) is 0.614. The van der Waals surface area contributed by atoms with E-state index in [0.717, 1.165) is 24.4 Å². The Bertz CT molecular complexity index is 849. The average Bonchev–Trinajstić information content (AvgIpc) is 3.35. The van der Waals surface area contributed by atoms with E-state index in [1.165, 1.54) is 0 Å². The number of H-pyrrole nitrogens is 1. The summed E-state index contributed by atoms with van der Waals surface area (Å²) in [5.41, 5.74) is 2.45. The van der Waals surface area contributed by atoms with Gasteiger partial charge < -0.3 is 15.2 Å². The van der Waals surface area contributed by atoms with E-state index >= 15 is 0 Å². The lowest BCUT2D eigenvalue weighted by atomic mass is 10.2. The van der Waals surface area contributed by atoms with Crippen LogP contribution < -0.4 is 10.2 Å². The highest BCUT2D eigenvalue weighted by molar-refractivity contribution is 5.94. The van der Waals surface area contributed by atoms with Crippen LogP contribution in [-0.4, -0.2) is 45.0 Å². The number of hydrogen-bond donors (Lipinski definition) is 2. The van der Waals surface area contributed by atoms with Crippen molar-refractivity contribution in [2.75, 3.05) is 18.0 Å². The summed E-state index contributed by atoms with van der Waals surface area (Å²) in [6.45, 7) is 1.51. The predicted octanol–water partition coefficient (Wildman–Crippen LogP) is 1.88. The number of carbonyl (C=O) groups excluding carboxylic acids is 1. The summed E-state index contributed by atoms with van der Waals surface area (Å²) in [6, 6.07) is 9.31. The number of rotatable bonds is 4. The third-order valence-electron chi connectivity index (χ3n) is 4.27. The summed E-state index contributed by atoms with van der Waals surface area (Å²) in [7, 11) is 0. The van der Waals surface area contributed by atoms with Gasteiger partial charge in [0.05, 0.1) is 11.4 Å². The summed E-state index contributed by atoms with van der Waals surface area (Å²) >= 11 is 0. The minimum absolute atomic E-state index is 0.0738. The van der Waals surface area contributed by atoms with E-state index in [4.69, 9.17) is 0 Å². The van der Waals surface area contributed by atoms with Gasteiger partial charge in [-0.05, 0) is 36.8 Å². The molecule has 1 unspecified atom stereocenters. The summed E-state index contributed by atoms with van der Waals surface area (Å²) in [4.78, 5) is 30.5. The third-order valence-corrected chi connectivity index (χ3v) is 4.27. The van der Waals surface area contributed by atoms with Gasteiger partial charge in [0.25, 0.3) is 5.91 Å². The molecule has 0 saturated carbocycles. The van der Waals surface area contributed by atoms with Gasteiger partial charge in [-0.25, -0.2) is 9.97 Å². The van der Waals surface area contributed by atoms with Crippen molar-refractivity contribution >= 4 is 11.9 Å². The molecule has 7 nitrogen and oxygen atoms in total. The van der Waals surface area contributed by atoms with Crippen LogP contribution in [0.1, 0.15) is 16.8 Å².